The molecular weight excluding hydrogens is 262 g/mol. The normalized spacial score (nSPS) is 23.6. The molecule has 0 bridgehead atoms. The van der Waals surface area contributed by atoms with E-state index in [2.05, 4.69) is 28.6 Å². The summed E-state index contributed by atoms with van der Waals surface area (Å²) >= 11 is 6.00. The van der Waals surface area contributed by atoms with E-state index < -0.39 is 0 Å². The molecule has 3 heterocycles. The second-order valence-electron chi connectivity index (χ2n) is 5.55. The van der Waals surface area contributed by atoms with Gasteiger partial charge in [-0.2, -0.15) is 0 Å². The van der Waals surface area contributed by atoms with Crippen LogP contribution in [0.5, 0.6) is 5.75 Å². The quantitative estimate of drug-likeness (QED) is 0.790. The molecule has 0 aliphatic carbocycles. The van der Waals surface area contributed by atoms with Gasteiger partial charge in [0.1, 0.15) is 0 Å². The molecule has 1 atom stereocenters. The molecule has 5 heteroatoms. The summed E-state index contributed by atoms with van der Waals surface area (Å²) < 4.78 is 5.81. The second-order valence-corrected chi connectivity index (χ2v) is 5.98. The van der Waals surface area contributed by atoms with E-state index in [9.17, 15) is 0 Å². The lowest BCUT2D eigenvalue weighted by Crippen LogP contribution is -2.55. The lowest BCUT2D eigenvalue weighted by atomic mass is 10.1. The standard InChI is InChI=1S/C14H20ClN3O/c1-10(2)17-4-5-18-12(9-17)3-6-19-13-7-11(15)8-16-14(13)18/h7-8,10,12H,3-6,9H2,1-2H3. The highest BCUT2D eigenvalue weighted by Crippen LogP contribution is 2.34. The molecule has 2 aliphatic rings. The zero-order valence-electron chi connectivity index (χ0n) is 11.5. The zero-order chi connectivity index (χ0) is 13.4. The molecule has 1 unspecified atom stereocenters. The predicted molar refractivity (Wildman–Crippen MR) is 77.2 cm³/mol. The molecule has 1 aromatic heterocycles. The smallest absolute Gasteiger partial charge is 0.171 e. The Labute approximate surface area is 119 Å². The number of hydrogen-bond acceptors (Lipinski definition) is 4. The number of pyridine rings is 1. The van der Waals surface area contributed by atoms with Gasteiger partial charge >= 0.3 is 0 Å². The summed E-state index contributed by atoms with van der Waals surface area (Å²) in [6, 6.07) is 2.97. The van der Waals surface area contributed by atoms with Crippen LogP contribution in [0.2, 0.25) is 5.02 Å². The van der Waals surface area contributed by atoms with Gasteiger partial charge in [0, 0.05) is 50.4 Å². The molecule has 104 valence electrons. The van der Waals surface area contributed by atoms with Crippen LogP contribution in [0.15, 0.2) is 12.3 Å². The molecule has 3 rings (SSSR count). The van der Waals surface area contributed by atoms with Crippen LogP contribution in [0, 0.1) is 0 Å². The number of rotatable bonds is 1. The highest BCUT2D eigenvalue weighted by molar-refractivity contribution is 6.30. The first kappa shape index (κ1) is 13.0. The minimum absolute atomic E-state index is 0.492. The fourth-order valence-electron chi connectivity index (χ4n) is 2.91. The van der Waals surface area contributed by atoms with Crippen LogP contribution >= 0.6 is 11.6 Å². The molecule has 1 saturated heterocycles. The number of ether oxygens (including phenoxy) is 1. The predicted octanol–water partition coefficient (Wildman–Crippen LogP) is 2.42. The molecular formula is C14H20ClN3O. The molecule has 0 spiro atoms. The van der Waals surface area contributed by atoms with Crippen LogP contribution in [-0.4, -0.2) is 48.2 Å². The van der Waals surface area contributed by atoms with Gasteiger partial charge in [-0.1, -0.05) is 11.6 Å². The van der Waals surface area contributed by atoms with E-state index in [0.717, 1.165) is 44.2 Å². The number of nitrogens with zero attached hydrogens (tertiary/aromatic N) is 3. The van der Waals surface area contributed by atoms with E-state index in [0.29, 0.717) is 17.1 Å². The van der Waals surface area contributed by atoms with E-state index in [4.69, 9.17) is 16.3 Å². The summed E-state index contributed by atoms with van der Waals surface area (Å²) in [4.78, 5) is 9.40. The third-order valence-electron chi connectivity index (χ3n) is 4.02. The molecule has 19 heavy (non-hydrogen) atoms. The molecule has 0 saturated carbocycles. The van der Waals surface area contributed by atoms with Crippen molar-refractivity contribution in [1.29, 1.82) is 0 Å². The van der Waals surface area contributed by atoms with E-state index in [-0.39, 0.29) is 0 Å². The first-order chi connectivity index (χ1) is 9.15. The van der Waals surface area contributed by atoms with Gasteiger partial charge in [-0.3, -0.25) is 4.90 Å². The number of halogens is 1. The van der Waals surface area contributed by atoms with Crippen molar-refractivity contribution >= 4 is 17.4 Å². The molecule has 0 amide bonds. The Morgan fingerprint density at radius 3 is 3.05 bits per heavy atom. The number of aromatic nitrogens is 1. The fraction of sp³-hybridized carbons (Fsp3) is 0.643. The fourth-order valence-corrected chi connectivity index (χ4v) is 3.06. The van der Waals surface area contributed by atoms with Gasteiger partial charge in [0.15, 0.2) is 11.6 Å². The van der Waals surface area contributed by atoms with Crippen molar-refractivity contribution in [3.8, 4) is 5.75 Å². The van der Waals surface area contributed by atoms with Crippen molar-refractivity contribution in [2.45, 2.75) is 32.4 Å². The Bertz CT molecular complexity index is 466. The first-order valence-corrected chi connectivity index (χ1v) is 7.32. The lowest BCUT2D eigenvalue weighted by Gasteiger charge is -2.42. The average Bonchev–Trinajstić information content (AvgIpc) is 2.56. The van der Waals surface area contributed by atoms with E-state index in [1.54, 1.807) is 6.20 Å². The van der Waals surface area contributed by atoms with Crippen LogP contribution in [0.4, 0.5) is 5.82 Å². The summed E-state index contributed by atoms with van der Waals surface area (Å²) in [6.45, 7) is 8.43. The summed E-state index contributed by atoms with van der Waals surface area (Å²) in [6.07, 6.45) is 2.75. The summed E-state index contributed by atoms with van der Waals surface area (Å²) in [5.74, 6) is 1.78. The molecule has 0 N–H and O–H groups in total. The zero-order valence-corrected chi connectivity index (χ0v) is 12.2. The van der Waals surface area contributed by atoms with Crippen LogP contribution in [-0.2, 0) is 0 Å². The van der Waals surface area contributed by atoms with Crippen molar-refractivity contribution in [3.63, 3.8) is 0 Å². The van der Waals surface area contributed by atoms with E-state index >= 15 is 0 Å². The van der Waals surface area contributed by atoms with Crippen LogP contribution in [0.25, 0.3) is 0 Å². The van der Waals surface area contributed by atoms with Crippen LogP contribution in [0.3, 0.4) is 0 Å². The van der Waals surface area contributed by atoms with Crippen LogP contribution in [0.1, 0.15) is 20.3 Å². The maximum absolute atomic E-state index is 6.00. The second kappa shape index (κ2) is 5.17. The third kappa shape index (κ3) is 2.51. The molecule has 2 aliphatic heterocycles. The highest BCUT2D eigenvalue weighted by Gasteiger charge is 2.32. The third-order valence-corrected chi connectivity index (χ3v) is 4.23. The van der Waals surface area contributed by atoms with Gasteiger partial charge in [0.2, 0.25) is 0 Å². The van der Waals surface area contributed by atoms with Gasteiger partial charge < -0.3 is 9.64 Å². The topological polar surface area (TPSA) is 28.6 Å². The number of hydrogen-bond donors (Lipinski definition) is 0. The Morgan fingerprint density at radius 1 is 1.42 bits per heavy atom. The van der Waals surface area contributed by atoms with Gasteiger partial charge in [-0.05, 0) is 13.8 Å². The number of piperazine rings is 1. The number of anilines is 1. The Morgan fingerprint density at radius 2 is 2.26 bits per heavy atom. The van der Waals surface area contributed by atoms with Gasteiger partial charge in [0.25, 0.3) is 0 Å². The average molecular weight is 282 g/mol. The molecule has 1 aromatic rings. The summed E-state index contributed by atoms with van der Waals surface area (Å²) in [5.41, 5.74) is 0. The molecule has 1 fully saturated rings. The number of fused-ring (bicyclic) bond motifs is 3. The van der Waals surface area contributed by atoms with Gasteiger partial charge in [-0.25, -0.2) is 4.98 Å². The first-order valence-electron chi connectivity index (χ1n) is 6.94. The van der Waals surface area contributed by atoms with Crippen molar-refractivity contribution in [2.75, 3.05) is 31.1 Å². The Balaban J connectivity index is 1.87. The van der Waals surface area contributed by atoms with Crippen molar-refractivity contribution in [3.05, 3.63) is 17.3 Å². The molecule has 0 aromatic carbocycles. The maximum Gasteiger partial charge on any atom is 0.171 e. The SMILES string of the molecule is CC(C)N1CCN2c3ncc(Cl)cc3OCCC2C1. The Kier molecular flexibility index (Phi) is 3.54. The monoisotopic (exact) mass is 281 g/mol. The Hall–Kier alpha value is -1.00. The van der Waals surface area contributed by atoms with Crippen molar-refractivity contribution in [1.82, 2.24) is 9.88 Å². The van der Waals surface area contributed by atoms with Crippen LogP contribution < -0.4 is 9.64 Å². The van der Waals surface area contributed by atoms with Crippen molar-refractivity contribution in [2.24, 2.45) is 0 Å². The van der Waals surface area contributed by atoms with E-state index in [1.165, 1.54) is 0 Å². The largest absolute Gasteiger partial charge is 0.490 e. The lowest BCUT2D eigenvalue weighted by molar-refractivity contribution is 0.172. The summed E-state index contributed by atoms with van der Waals surface area (Å²) in [5, 5.41) is 0.637. The van der Waals surface area contributed by atoms with E-state index in [1.807, 2.05) is 6.07 Å². The molecule has 4 nitrogen and oxygen atoms in total. The minimum atomic E-state index is 0.492. The summed E-state index contributed by atoms with van der Waals surface area (Å²) in [7, 11) is 0. The van der Waals surface area contributed by atoms with Gasteiger partial charge in [-0.15, -0.1) is 0 Å². The van der Waals surface area contributed by atoms with Gasteiger partial charge in [0.05, 0.1) is 11.6 Å². The highest BCUT2D eigenvalue weighted by atomic mass is 35.5. The maximum atomic E-state index is 6.00. The molecule has 0 radical (unpaired) electrons. The van der Waals surface area contributed by atoms with Crippen molar-refractivity contribution < 1.29 is 4.74 Å². The minimum Gasteiger partial charge on any atom is -0.490 e.